The number of aryl methyl sites for hydroxylation is 1. The summed E-state index contributed by atoms with van der Waals surface area (Å²) >= 11 is 1.00. The summed E-state index contributed by atoms with van der Waals surface area (Å²) in [4.78, 5) is 19.9. The molecule has 8 heteroatoms. The fraction of sp³-hybridized carbons (Fsp3) is 0.318. The summed E-state index contributed by atoms with van der Waals surface area (Å²) in [7, 11) is 0. The molecule has 0 saturated heterocycles. The number of halogens is 3. The second kappa shape index (κ2) is 9.47. The molecule has 4 nitrogen and oxygen atoms in total. The predicted molar refractivity (Wildman–Crippen MR) is 112 cm³/mol. The molecule has 0 aliphatic rings. The van der Waals surface area contributed by atoms with Gasteiger partial charge in [0.05, 0.1) is 10.8 Å². The first-order valence-electron chi connectivity index (χ1n) is 9.59. The summed E-state index contributed by atoms with van der Waals surface area (Å²) < 4.78 is 39.5. The first kappa shape index (κ1) is 22.1. The third-order valence-electron chi connectivity index (χ3n) is 4.58. The predicted octanol–water partition coefficient (Wildman–Crippen LogP) is 5.27. The van der Waals surface area contributed by atoms with Crippen molar-refractivity contribution in [1.29, 1.82) is 0 Å². The maximum Gasteiger partial charge on any atom is 0.451 e. The number of carbonyl (C=O) groups is 1. The molecule has 0 spiro atoms. The highest BCUT2D eigenvalue weighted by Crippen LogP contribution is 2.33. The lowest BCUT2D eigenvalue weighted by atomic mass is 10.1. The Hall–Kier alpha value is -2.61. The molecule has 30 heavy (non-hydrogen) atoms. The topological polar surface area (TPSA) is 54.9 Å². The van der Waals surface area contributed by atoms with E-state index < -0.39 is 17.3 Å². The molecular formula is C22H22F3N3OS. The highest BCUT2D eigenvalue weighted by atomic mass is 32.2. The van der Waals surface area contributed by atoms with Crippen LogP contribution in [0.25, 0.3) is 10.9 Å². The van der Waals surface area contributed by atoms with E-state index in [1.54, 1.807) is 25.1 Å². The van der Waals surface area contributed by atoms with Gasteiger partial charge in [0, 0.05) is 11.4 Å². The Labute approximate surface area is 177 Å². The van der Waals surface area contributed by atoms with Crippen LogP contribution in [0.2, 0.25) is 0 Å². The zero-order valence-electron chi connectivity index (χ0n) is 16.6. The second-order valence-corrected chi connectivity index (χ2v) is 8.39. The standard InChI is InChI=1S/C22H22F3N3OS/c1-14(12-13-16-8-4-3-5-9-16)26-19(29)15(2)30-20-17-10-6-7-11-18(17)27-21(28-20)22(23,24)25/h3-11,14-15H,12-13H2,1-2H3,(H,26,29). The monoisotopic (exact) mass is 433 g/mol. The van der Waals surface area contributed by atoms with Crippen molar-refractivity contribution < 1.29 is 18.0 Å². The number of benzene rings is 2. The van der Waals surface area contributed by atoms with Gasteiger partial charge in [0.2, 0.25) is 11.7 Å². The maximum atomic E-state index is 13.2. The molecule has 2 atom stereocenters. The van der Waals surface area contributed by atoms with Gasteiger partial charge in [0.1, 0.15) is 5.03 Å². The van der Waals surface area contributed by atoms with Crippen LogP contribution >= 0.6 is 11.8 Å². The molecule has 1 amide bonds. The fourth-order valence-corrected chi connectivity index (χ4v) is 3.89. The number of alkyl halides is 3. The number of amides is 1. The van der Waals surface area contributed by atoms with Gasteiger partial charge < -0.3 is 5.32 Å². The molecule has 3 rings (SSSR count). The quantitative estimate of drug-likeness (QED) is 0.408. The minimum atomic E-state index is -4.66. The summed E-state index contributed by atoms with van der Waals surface area (Å²) in [5.41, 5.74) is 1.39. The Balaban J connectivity index is 1.68. The van der Waals surface area contributed by atoms with Gasteiger partial charge >= 0.3 is 6.18 Å². The number of para-hydroxylation sites is 1. The summed E-state index contributed by atoms with van der Waals surface area (Å²) in [6, 6.07) is 16.4. The van der Waals surface area contributed by atoms with Crippen molar-refractivity contribution in [3.63, 3.8) is 0 Å². The number of aromatic nitrogens is 2. The molecule has 3 aromatic rings. The Morgan fingerprint density at radius 1 is 1.03 bits per heavy atom. The summed E-state index contributed by atoms with van der Waals surface area (Å²) in [6.07, 6.45) is -3.06. The Morgan fingerprint density at radius 3 is 2.40 bits per heavy atom. The number of hydrogen-bond acceptors (Lipinski definition) is 4. The third kappa shape index (κ3) is 5.72. The van der Waals surface area contributed by atoms with Crippen molar-refractivity contribution in [2.75, 3.05) is 0 Å². The van der Waals surface area contributed by atoms with Crippen LogP contribution in [-0.4, -0.2) is 27.2 Å². The lowest BCUT2D eigenvalue weighted by Gasteiger charge is -2.18. The molecular weight excluding hydrogens is 411 g/mol. The average molecular weight is 433 g/mol. The van der Waals surface area contributed by atoms with Crippen LogP contribution in [0.4, 0.5) is 13.2 Å². The molecule has 0 saturated carbocycles. The molecule has 1 heterocycles. The van der Waals surface area contributed by atoms with Gasteiger partial charge in [-0.1, -0.05) is 60.3 Å². The molecule has 2 aromatic carbocycles. The number of rotatable bonds is 7. The zero-order valence-corrected chi connectivity index (χ0v) is 17.4. The minimum Gasteiger partial charge on any atom is -0.353 e. The third-order valence-corrected chi connectivity index (χ3v) is 5.68. The average Bonchev–Trinajstić information content (AvgIpc) is 2.72. The number of carbonyl (C=O) groups excluding carboxylic acids is 1. The first-order valence-corrected chi connectivity index (χ1v) is 10.5. The lowest BCUT2D eigenvalue weighted by Crippen LogP contribution is -2.37. The van der Waals surface area contributed by atoms with E-state index in [4.69, 9.17) is 0 Å². The number of hydrogen-bond donors (Lipinski definition) is 1. The van der Waals surface area contributed by atoms with Crippen LogP contribution in [0, 0.1) is 0 Å². The zero-order chi connectivity index (χ0) is 21.7. The molecule has 158 valence electrons. The molecule has 0 fully saturated rings. The van der Waals surface area contributed by atoms with Crippen LogP contribution in [0.15, 0.2) is 59.6 Å². The van der Waals surface area contributed by atoms with Gasteiger partial charge in [0.15, 0.2) is 0 Å². The van der Waals surface area contributed by atoms with Crippen molar-refractivity contribution in [1.82, 2.24) is 15.3 Å². The Morgan fingerprint density at radius 2 is 1.70 bits per heavy atom. The van der Waals surface area contributed by atoms with Crippen LogP contribution < -0.4 is 5.32 Å². The van der Waals surface area contributed by atoms with E-state index in [9.17, 15) is 18.0 Å². The van der Waals surface area contributed by atoms with Gasteiger partial charge in [0.25, 0.3) is 0 Å². The smallest absolute Gasteiger partial charge is 0.353 e. The molecule has 0 radical (unpaired) electrons. The van der Waals surface area contributed by atoms with Crippen LogP contribution in [0.3, 0.4) is 0 Å². The van der Waals surface area contributed by atoms with Crippen molar-refractivity contribution in [2.24, 2.45) is 0 Å². The molecule has 0 aliphatic heterocycles. The van der Waals surface area contributed by atoms with Gasteiger partial charge in [-0.2, -0.15) is 13.2 Å². The van der Waals surface area contributed by atoms with Crippen molar-refractivity contribution in [2.45, 2.75) is 49.2 Å². The summed E-state index contributed by atoms with van der Waals surface area (Å²) in [5, 5.41) is 2.97. The van der Waals surface area contributed by atoms with Crippen LogP contribution in [0.5, 0.6) is 0 Å². The van der Waals surface area contributed by atoms with E-state index in [-0.39, 0.29) is 22.5 Å². The minimum absolute atomic E-state index is 0.0614. The SMILES string of the molecule is CC(CCc1ccccc1)NC(=O)C(C)Sc1nc(C(F)(F)F)nc2ccccc12. The van der Waals surface area contributed by atoms with E-state index >= 15 is 0 Å². The van der Waals surface area contributed by atoms with Gasteiger partial charge in [-0.25, -0.2) is 9.97 Å². The van der Waals surface area contributed by atoms with Crippen molar-refractivity contribution in [3.8, 4) is 0 Å². The molecule has 0 aliphatic carbocycles. The van der Waals surface area contributed by atoms with Gasteiger partial charge in [-0.3, -0.25) is 4.79 Å². The second-order valence-electron chi connectivity index (χ2n) is 7.06. The van der Waals surface area contributed by atoms with Gasteiger partial charge in [-0.15, -0.1) is 0 Å². The molecule has 2 unspecified atom stereocenters. The highest BCUT2D eigenvalue weighted by molar-refractivity contribution is 8.00. The number of nitrogens with zero attached hydrogens (tertiary/aromatic N) is 2. The Bertz CT molecular complexity index is 1010. The number of thioether (sulfide) groups is 1. The lowest BCUT2D eigenvalue weighted by molar-refractivity contribution is -0.145. The molecule has 1 N–H and O–H groups in total. The van der Waals surface area contributed by atoms with E-state index in [1.165, 1.54) is 11.6 Å². The normalized spacial score (nSPS) is 13.8. The first-order chi connectivity index (χ1) is 14.2. The highest BCUT2D eigenvalue weighted by Gasteiger charge is 2.36. The van der Waals surface area contributed by atoms with E-state index in [0.29, 0.717) is 5.39 Å². The molecule has 0 bridgehead atoms. The van der Waals surface area contributed by atoms with Crippen LogP contribution in [-0.2, 0) is 17.4 Å². The van der Waals surface area contributed by atoms with Crippen molar-refractivity contribution in [3.05, 3.63) is 66.0 Å². The summed E-state index contributed by atoms with van der Waals surface area (Å²) in [5.74, 6) is -1.44. The summed E-state index contributed by atoms with van der Waals surface area (Å²) in [6.45, 7) is 3.58. The number of nitrogens with one attached hydrogen (secondary N) is 1. The van der Waals surface area contributed by atoms with Crippen molar-refractivity contribution >= 4 is 28.6 Å². The van der Waals surface area contributed by atoms with Gasteiger partial charge in [-0.05, 0) is 38.3 Å². The Kier molecular flexibility index (Phi) is 6.97. The largest absolute Gasteiger partial charge is 0.451 e. The number of fused-ring (bicyclic) bond motifs is 1. The fourth-order valence-electron chi connectivity index (χ4n) is 2.95. The van der Waals surface area contributed by atoms with Crippen LogP contribution in [0.1, 0.15) is 31.7 Å². The van der Waals surface area contributed by atoms with E-state index in [0.717, 1.165) is 24.6 Å². The van der Waals surface area contributed by atoms with E-state index in [1.807, 2.05) is 37.3 Å². The molecule has 1 aromatic heterocycles. The maximum absolute atomic E-state index is 13.2. The van der Waals surface area contributed by atoms with E-state index in [2.05, 4.69) is 15.3 Å².